The molecule has 160 valence electrons. The Kier molecular flexibility index (Phi) is 7.67. The summed E-state index contributed by atoms with van der Waals surface area (Å²) in [5.74, 6) is -0.597. The Balaban J connectivity index is 2.43. The zero-order chi connectivity index (χ0) is 21.7. The zero-order valence-corrected chi connectivity index (χ0v) is 18.0. The van der Waals surface area contributed by atoms with E-state index in [4.69, 9.17) is 14.2 Å². The van der Waals surface area contributed by atoms with Crippen molar-refractivity contribution in [2.45, 2.75) is 46.3 Å². The van der Waals surface area contributed by atoms with Gasteiger partial charge in [0.1, 0.15) is 0 Å². The number of rotatable bonds is 10. The van der Waals surface area contributed by atoms with Gasteiger partial charge in [-0.3, -0.25) is 9.59 Å². The van der Waals surface area contributed by atoms with E-state index in [0.717, 1.165) is 0 Å². The van der Waals surface area contributed by atoms with Crippen molar-refractivity contribution in [3.05, 3.63) is 35.1 Å². The lowest BCUT2D eigenvalue weighted by atomic mass is 9.91. The van der Waals surface area contributed by atoms with Gasteiger partial charge >= 0.3 is 0 Å². The van der Waals surface area contributed by atoms with Gasteiger partial charge in [-0.05, 0) is 38.0 Å². The Morgan fingerprint density at radius 2 is 1.79 bits per heavy atom. The van der Waals surface area contributed by atoms with Crippen LogP contribution in [-0.4, -0.2) is 55.2 Å². The summed E-state index contributed by atoms with van der Waals surface area (Å²) >= 11 is 0. The fourth-order valence-electron chi connectivity index (χ4n) is 3.37. The lowest BCUT2D eigenvalue weighted by Crippen LogP contribution is -2.33. The van der Waals surface area contributed by atoms with Crippen LogP contribution in [0.25, 0.3) is 0 Å². The molecule has 0 aromatic heterocycles. The monoisotopic (exact) mass is 405 g/mol. The molecule has 0 aliphatic carbocycles. The number of carbonyl (C=O) groups excluding carboxylic acids is 2. The van der Waals surface area contributed by atoms with Gasteiger partial charge in [0.2, 0.25) is 0 Å². The van der Waals surface area contributed by atoms with Crippen LogP contribution in [0.15, 0.2) is 29.5 Å². The lowest BCUT2D eigenvalue weighted by molar-refractivity contribution is -0.129. The Labute approximate surface area is 172 Å². The summed E-state index contributed by atoms with van der Waals surface area (Å²) in [6, 6.07) is 4.56. The molecule has 1 aromatic rings. The van der Waals surface area contributed by atoms with Gasteiger partial charge in [0.05, 0.1) is 31.9 Å². The van der Waals surface area contributed by atoms with Crippen molar-refractivity contribution >= 4 is 11.7 Å². The van der Waals surface area contributed by atoms with Crippen molar-refractivity contribution in [2.75, 3.05) is 27.4 Å². The molecule has 1 aliphatic rings. The van der Waals surface area contributed by atoms with Crippen molar-refractivity contribution in [1.82, 2.24) is 4.90 Å². The van der Waals surface area contributed by atoms with Crippen molar-refractivity contribution in [3.8, 4) is 11.5 Å². The standard InChI is InChI=1S/C22H31NO6/c1-13(2)20(24)18-19(15-8-9-16(27-5)17(12-15)28-6)23(22(26)21(18)25)10-7-11-29-14(3)4/h8-9,12-14,19,25H,7,10-11H2,1-6H3. The Morgan fingerprint density at radius 3 is 2.34 bits per heavy atom. The Bertz CT molecular complexity index is 784. The molecule has 1 atom stereocenters. The third kappa shape index (κ3) is 4.90. The predicted octanol–water partition coefficient (Wildman–Crippen LogP) is 3.44. The Hall–Kier alpha value is -2.54. The first-order valence-electron chi connectivity index (χ1n) is 9.84. The molecule has 0 saturated carbocycles. The predicted molar refractivity (Wildman–Crippen MR) is 109 cm³/mol. The van der Waals surface area contributed by atoms with Crippen molar-refractivity contribution < 1.29 is 28.9 Å². The minimum absolute atomic E-state index is 0.0931. The second kappa shape index (κ2) is 9.78. The normalized spacial score (nSPS) is 16.9. The minimum Gasteiger partial charge on any atom is -0.503 e. The number of amides is 1. The van der Waals surface area contributed by atoms with Crippen LogP contribution >= 0.6 is 0 Å². The molecule has 1 N–H and O–H groups in total. The van der Waals surface area contributed by atoms with Crippen LogP contribution in [0.2, 0.25) is 0 Å². The van der Waals surface area contributed by atoms with Crippen LogP contribution < -0.4 is 9.47 Å². The molecule has 0 fully saturated rings. The van der Waals surface area contributed by atoms with E-state index < -0.39 is 17.7 Å². The number of methoxy groups -OCH3 is 2. The van der Waals surface area contributed by atoms with Crippen LogP contribution in [0.5, 0.6) is 11.5 Å². The fourth-order valence-corrected chi connectivity index (χ4v) is 3.37. The number of benzene rings is 1. The minimum atomic E-state index is -0.684. The van der Waals surface area contributed by atoms with Gasteiger partial charge in [-0.15, -0.1) is 0 Å². The molecule has 7 heteroatoms. The largest absolute Gasteiger partial charge is 0.503 e. The SMILES string of the molecule is COc1ccc(C2C(C(=O)C(C)C)=C(O)C(=O)N2CCCOC(C)C)cc1OC. The first-order chi connectivity index (χ1) is 13.7. The van der Waals surface area contributed by atoms with Gasteiger partial charge in [0.25, 0.3) is 5.91 Å². The highest BCUT2D eigenvalue weighted by Gasteiger charge is 2.43. The van der Waals surface area contributed by atoms with Crippen LogP contribution in [0.3, 0.4) is 0 Å². The lowest BCUT2D eigenvalue weighted by Gasteiger charge is -2.28. The van der Waals surface area contributed by atoms with Crippen LogP contribution in [0, 0.1) is 5.92 Å². The van der Waals surface area contributed by atoms with E-state index in [1.54, 1.807) is 32.0 Å². The summed E-state index contributed by atoms with van der Waals surface area (Å²) in [6.07, 6.45) is 0.681. The summed E-state index contributed by atoms with van der Waals surface area (Å²) in [6.45, 7) is 8.22. The molecule has 2 rings (SSSR count). The summed E-state index contributed by atoms with van der Waals surface area (Å²) in [5.41, 5.74) is 0.802. The first kappa shape index (κ1) is 22.7. The number of ether oxygens (including phenoxy) is 3. The third-order valence-electron chi connectivity index (χ3n) is 4.81. The van der Waals surface area contributed by atoms with E-state index >= 15 is 0 Å². The van der Waals surface area contributed by atoms with E-state index in [0.29, 0.717) is 36.6 Å². The zero-order valence-electron chi connectivity index (χ0n) is 18.0. The molecular weight excluding hydrogens is 374 g/mol. The van der Waals surface area contributed by atoms with Crippen molar-refractivity contribution in [3.63, 3.8) is 0 Å². The average Bonchev–Trinajstić information content (AvgIpc) is 2.94. The molecule has 7 nitrogen and oxygen atoms in total. The van der Waals surface area contributed by atoms with Gasteiger partial charge in [0, 0.05) is 19.1 Å². The van der Waals surface area contributed by atoms with E-state index in [1.807, 2.05) is 13.8 Å². The fraction of sp³-hybridized carbons (Fsp3) is 0.545. The summed E-state index contributed by atoms with van der Waals surface area (Å²) in [4.78, 5) is 27.2. The van der Waals surface area contributed by atoms with Crippen LogP contribution in [0.1, 0.15) is 45.7 Å². The summed E-state index contributed by atoms with van der Waals surface area (Å²) < 4.78 is 16.2. The highest BCUT2D eigenvalue weighted by molar-refractivity contribution is 6.09. The number of hydrogen-bond acceptors (Lipinski definition) is 6. The van der Waals surface area contributed by atoms with E-state index in [2.05, 4.69) is 0 Å². The third-order valence-corrected chi connectivity index (χ3v) is 4.81. The second-order valence-corrected chi connectivity index (χ2v) is 7.57. The van der Waals surface area contributed by atoms with Gasteiger partial charge in [-0.25, -0.2) is 0 Å². The maximum atomic E-state index is 12.8. The number of carbonyl (C=O) groups is 2. The van der Waals surface area contributed by atoms with E-state index in [9.17, 15) is 14.7 Å². The number of aliphatic hydroxyl groups is 1. The van der Waals surface area contributed by atoms with E-state index in [-0.39, 0.29) is 23.4 Å². The number of nitrogens with zero attached hydrogens (tertiary/aromatic N) is 1. The molecule has 1 unspecified atom stereocenters. The molecule has 0 spiro atoms. The molecule has 0 bridgehead atoms. The number of hydrogen-bond donors (Lipinski definition) is 1. The van der Waals surface area contributed by atoms with Crippen molar-refractivity contribution in [2.24, 2.45) is 5.92 Å². The topological polar surface area (TPSA) is 85.3 Å². The molecule has 0 radical (unpaired) electrons. The first-order valence-corrected chi connectivity index (χ1v) is 9.84. The highest BCUT2D eigenvalue weighted by Crippen LogP contribution is 2.41. The second-order valence-electron chi connectivity index (χ2n) is 7.57. The molecule has 1 aromatic carbocycles. The Morgan fingerprint density at radius 1 is 1.14 bits per heavy atom. The molecule has 1 amide bonds. The molecule has 29 heavy (non-hydrogen) atoms. The summed E-state index contributed by atoms with van der Waals surface area (Å²) in [5, 5.41) is 10.5. The number of aliphatic hydroxyl groups excluding tert-OH is 1. The van der Waals surface area contributed by atoms with Crippen LogP contribution in [0.4, 0.5) is 0 Å². The number of ketones is 1. The van der Waals surface area contributed by atoms with Crippen LogP contribution in [-0.2, 0) is 14.3 Å². The number of Topliss-reactive ketones (excluding diaryl/α,β-unsaturated/α-hetero) is 1. The van der Waals surface area contributed by atoms with Gasteiger partial charge in [-0.1, -0.05) is 19.9 Å². The maximum absolute atomic E-state index is 12.8. The van der Waals surface area contributed by atoms with E-state index in [1.165, 1.54) is 19.1 Å². The molecule has 1 heterocycles. The van der Waals surface area contributed by atoms with Gasteiger partial charge in [0.15, 0.2) is 23.0 Å². The van der Waals surface area contributed by atoms with Gasteiger partial charge < -0.3 is 24.2 Å². The molecule has 1 aliphatic heterocycles. The average molecular weight is 405 g/mol. The highest BCUT2D eigenvalue weighted by atomic mass is 16.5. The maximum Gasteiger partial charge on any atom is 0.290 e. The van der Waals surface area contributed by atoms with Gasteiger partial charge in [-0.2, -0.15) is 0 Å². The quantitative estimate of drug-likeness (QED) is 0.600. The smallest absolute Gasteiger partial charge is 0.290 e. The molecule has 0 saturated heterocycles. The molecular formula is C22H31NO6. The van der Waals surface area contributed by atoms with Crippen molar-refractivity contribution in [1.29, 1.82) is 0 Å². The summed E-state index contributed by atoms with van der Waals surface area (Å²) in [7, 11) is 3.06.